The molecule has 5 heteroatoms. The standard InChI is InChI=1S/C15H17FN2O2/c1-9-13(10(2)20-18-9)8-17-14-5-6-19-15-4-3-11(16)7-12(14)15/h3-4,7,14,17H,5-6,8H2,1-2H3/t14-/m1/s1. The van der Waals surface area contributed by atoms with Crippen LogP contribution in [-0.2, 0) is 6.54 Å². The monoisotopic (exact) mass is 276 g/mol. The summed E-state index contributed by atoms with van der Waals surface area (Å²) in [6.45, 7) is 5.11. The number of nitrogens with one attached hydrogen (secondary N) is 1. The lowest BCUT2D eigenvalue weighted by molar-refractivity contribution is 0.251. The van der Waals surface area contributed by atoms with E-state index in [1.54, 1.807) is 12.1 Å². The van der Waals surface area contributed by atoms with E-state index in [1.165, 1.54) is 6.07 Å². The third kappa shape index (κ3) is 2.41. The first-order valence-electron chi connectivity index (χ1n) is 6.72. The van der Waals surface area contributed by atoms with Crippen LogP contribution in [0.25, 0.3) is 0 Å². The molecule has 20 heavy (non-hydrogen) atoms. The molecule has 0 bridgehead atoms. The molecule has 1 aliphatic heterocycles. The number of fused-ring (bicyclic) bond motifs is 1. The molecule has 1 atom stereocenters. The number of aryl methyl sites for hydroxylation is 2. The summed E-state index contributed by atoms with van der Waals surface area (Å²) < 4.78 is 24.1. The highest BCUT2D eigenvalue weighted by molar-refractivity contribution is 5.38. The Labute approximate surface area is 116 Å². The first kappa shape index (κ1) is 13.1. The third-order valence-electron chi connectivity index (χ3n) is 3.72. The van der Waals surface area contributed by atoms with Crippen LogP contribution >= 0.6 is 0 Å². The number of ether oxygens (including phenoxy) is 1. The van der Waals surface area contributed by atoms with Crippen molar-refractivity contribution in [1.82, 2.24) is 10.5 Å². The van der Waals surface area contributed by atoms with Gasteiger partial charge in [0.15, 0.2) is 0 Å². The molecule has 0 aliphatic carbocycles. The minimum absolute atomic E-state index is 0.0862. The molecular formula is C15H17FN2O2. The van der Waals surface area contributed by atoms with E-state index in [4.69, 9.17) is 9.26 Å². The summed E-state index contributed by atoms with van der Waals surface area (Å²) in [5.41, 5.74) is 2.83. The molecule has 0 spiro atoms. The van der Waals surface area contributed by atoms with Crippen LogP contribution in [0.3, 0.4) is 0 Å². The molecule has 0 unspecified atom stereocenters. The van der Waals surface area contributed by atoms with Gasteiger partial charge in [-0.05, 0) is 32.0 Å². The average molecular weight is 276 g/mol. The molecular weight excluding hydrogens is 259 g/mol. The Balaban J connectivity index is 1.78. The van der Waals surface area contributed by atoms with E-state index in [0.29, 0.717) is 13.2 Å². The fourth-order valence-corrected chi connectivity index (χ4v) is 2.56. The zero-order chi connectivity index (χ0) is 14.1. The second-order valence-corrected chi connectivity index (χ2v) is 5.06. The Morgan fingerprint density at radius 2 is 2.25 bits per heavy atom. The van der Waals surface area contributed by atoms with Crippen molar-refractivity contribution in [3.05, 3.63) is 46.6 Å². The van der Waals surface area contributed by atoms with Crippen LogP contribution in [0, 0.1) is 19.7 Å². The number of rotatable bonds is 3. The number of hydrogen-bond donors (Lipinski definition) is 1. The van der Waals surface area contributed by atoms with Crippen molar-refractivity contribution in [2.24, 2.45) is 0 Å². The van der Waals surface area contributed by atoms with E-state index in [-0.39, 0.29) is 11.9 Å². The molecule has 1 aromatic carbocycles. The summed E-state index contributed by atoms with van der Waals surface area (Å²) in [5.74, 6) is 1.34. The van der Waals surface area contributed by atoms with E-state index in [1.807, 2.05) is 13.8 Å². The van der Waals surface area contributed by atoms with Gasteiger partial charge < -0.3 is 14.6 Å². The lowest BCUT2D eigenvalue weighted by Gasteiger charge is -2.26. The highest BCUT2D eigenvalue weighted by Gasteiger charge is 2.22. The quantitative estimate of drug-likeness (QED) is 0.936. The van der Waals surface area contributed by atoms with Crippen LogP contribution in [-0.4, -0.2) is 11.8 Å². The van der Waals surface area contributed by atoms with Gasteiger partial charge in [-0.3, -0.25) is 0 Å². The van der Waals surface area contributed by atoms with Gasteiger partial charge >= 0.3 is 0 Å². The highest BCUT2D eigenvalue weighted by Crippen LogP contribution is 2.32. The maximum Gasteiger partial charge on any atom is 0.138 e. The van der Waals surface area contributed by atoms with Gasteiger partial charge in [-0.15, -0.1) is 0 Å². The van der Waals surface area contributed by atoms with E-state index >= 15 is 0 Å². The second kappa shape index (κ2) is 5.25. The first-order chi connectivity index (χ1) is 9.65. The summed E-state index contributed by atoms with van der Waals surface area (Å²) in [6.07, 6.45) is 0.819. The molecule has 1 aromatic heterocycles. The molecule has 0 radical (unpaired) electrons. The fourth-order valence-electron chi connectivity index (χ4n) is 2.56. The number of nitrogens with zero attached hydrogens (tertiary/aromatic N) is 1. The molecule has 3 rings (SSSR count). The zero-order valence-corrected chi connectivity index (χ0v) is 11.6. The number of halogens is 1. The summed E-state index contributed by atoms with van der Waals surface area (Å²) in [5, 5.41) is 7.38. The maximum atomic E-state index is 13.4. The van der Waals surface area contributed by atoms with Gasteiger partial charge in [0, 0.05) is 30.1 Å². The first-order valence-corrected chi connectivity index (χ1v) is 6.72. The molecule has 106 valence electrons. The SMILES string of the molecule is Cc1noc(C)c1CN[C@@H]1CCOc2ccc(F)cc21. The minimum Gasteiger partial charge on any atom is -0.493 e. The van der Waals surface area contributed by atoms with Crippen LogP contribution in [0.2, 0.25) is 0 Å². The van der Waals surface area contributed by atoms with Gasteiger partial charge in [-0.25, -0.2) is 4.39 Å². The van der Waals surface area contributed by atoms with Gasteiger partial charge in [0.25, 0.3) is 0 Å². The Hall–Kier alpha value is -1.88. The van der Waals surface area contributed by atoms with Gasteiger partial charge in [0.2, 0.25) is 0 Å². The second-order valence-electron chi connectivity index (χ2n) is 5.06. The van der Waals surface area contributed by atoms with Crippen molar-refractivity contribution in [1.29, 1.82) is 0 Å². The predicted octanol–water partition coefficient (Wildman–Crippen LogP) is 3.04. The third-order valence-corrected chi connectivity index (χ3v) is 3.72. The molecule has 2 aromatic rings. The molecule has 0 saturated heterocycles. The van der Waals surface area contributed by atoms with Crippen molar-refractivity contribution in [2.75, 3.05) is 6.61 Å². The Kier molecular flexibility index (Phi) is 3.44. The van der Waals surface area contributed by atoms with E-state index in [2.05, 4.69) is 10.5 Å². The van der Waals surface area contributed by atoms with Crippen molar-refractivity contribution < 1.29 is 13.7 Å². The largest absolute Gasteiger partial charge is 0.493 e. The molecule has 0 fully saturated rings. The summed E-state index contributed by atoms with van der Waals surface area (Å²) >= 11 is 0. The van der Waals surface area contributed by atoms with Crippen LogP contribution in [0.4, 0.5) is 4.39 Å². The molecule has 1 N–H and O–H groups in total. The molecule has 1 aliphatic rings. The molecule has 2 heterocycles. The lowest BCUT2D eigenvalue weighted by atomic mass is 10.00. The smallest absolute Gasteiger partial charge is 0.138 e. The van der Waals surface area contributed by atoms with Crippen molar-refractivity contribution in [3.8, 4) is 5.75 Å². The van der Waals surface area contributed by atoms with Crippen molar-refractivity contribution in [2.45, 2.75) is 32.9 Å². The van der Waals surface area contributed by atoms with Gasteiger partial charge in [-0.1, -0.05) is 5.16 Å². The Morgan fingerprint density at radius 3 is 3.00 bits per heavy atom. The normalized spacial score (nSPS) is 17.6. The van der Waals surface area contributed by atoms with Crippen molar-refractivity contribution >= 4 is 0 Å². The van der Waals surface area contributed by atoms with E-state index < -0.39 is 0 Å². The van der Waals surface area contributed by atoms with Crippen LogP contribution in [0.15, 0.2) is 22.7 Å². The predicted molar refractivity (Wildman–Crippen MR) is 72.1 cm³/mol. The molecule has 4 nitrogen and oxygen atoms in total. The Morgan fingerprint density at radius 1 is 1.40 bits per heavy atom. The van der Waals surface area contributed by atoms with Gasteiger partial charge in [0.1, 0.15) is 17.3 Å². The topological polar surface area (TPSA) is 47.3 Å². The summed E-state index contributed by atoms with van der Waals surface area (Å²) in [4.78, 5) is 0. The zero-order valence-electron chi connectivity index (χ0n) is 11.6. The Bertz CT molecular complexity index is 605. The highest BCUT2D eigenvalue weighted by atomic mass is 19.1. The summed E-state index contributed by atoms with van der Waals surface area (Å²) in [7, 11) is 0. The van der Waals surface area contributed by atoms with Crippen LogP contribution in [0.5, 0.6) is 5.75 Å². The van der Waals surface area contributed by atoms with Gasteiger partial charge in [-0.2, -0.15) is 0 Å². The lowest BCUT2D eigenvalue weighted by Crippen LogP contribution is -2.27. The molecule has 0 amide bonds. The van der Waals surface area contributed by atoms with E-state index in [0.717, 1.165) is 34.8 Å². The maximum absolute atomic E-state index is 13.4. The van der Waals surface area contributed by atoms with Gasteiger partial charge in [0.05, 0.1) is 12.3 Å². The number of hydrogen-bond acceptors (Lipinski definition) is 4. The molecule has 0 saturated carbocycles. The fraction of sp³-hybridized carbons (Fsp3) is 0.400. The van der Waals surface area contributed by atoms with Crippen molar-refractivity contribution in [3.63, 3.8) is 0 Å². The number of aromatic nitrogens is 1. The van der Waals surface area contributed by atoms with Crippen LogP contribution in [0.1, 0.15) is 35.0 Å². The van der Waals surface area contributed by atoms with E-state index in [9.17, 15) is 4.39 Å². The number of benzene rings is 1. The van der Waals surface area contributed by atoms with Crippen LogP contribution < -0.4 is 10.1 Å². The minimum atomic E-state index is -0.238. The summed E-state index contributed by atoms with van der Waals surface area (Å²) in [6, 6.07) is 4.74. The average Bonchev–Trinajstić information content (AvgIpc) is 2.76.